The Morgan fingerprint density at radius 2 is 2.35 bits per heavy atom. The Balaban J connectivity index is 1.99. The summed E-state index contributed by atoms with van der Waals surface area (Å²) in [5, 5.41) is 3.39. The number of nitrogens with zero attached hydrogens (tertiary/aromatic N) is 1. The zero-order chi connectivity index (χ0) is 12.4. The predicted octanol–water partition coefficient (Wildman–Crippen LogP) is 2.26. The van der Waals surface area contributed by atoms with Gasteiger partial charge < -0.3 is 10.2 Å². The number of nitrogens with one attached hydrogen (secondary N) is 1. The van der Waals surface area contributed by atoms with Crippen molar-refractivity contribution < 1.29 is 4.79 Å². The van der Waals surface area contributed by atoms with Crippen molar-refractivity contribution >= 4 is 33.2 Å². The fraction of sp³-hybridized carbons (Fsp3) is 0.583. The maximum Gasteiger partial charge on any atom is 0.228 e. The molecule has 1 aliphatic rings. The largest absolute Gasteiger partial charge is 0.337 e. The van der Waals surface area contributed by atoms with Crippen LogP contribution in [0.4, 0.5) is 0 Å². The molecular weight excluding hydrogens is 300 g/mol. The lowest BCUT2D eigenvalue weighted by atomic mass is 10.1. The lowest BCUT2D eigenvalue weighted by Gasteiger charge is -2.38. The number of halogens is 1. The molecular formula is C12H17BrN2OS. The van der Waals surface area contributed by atoms with Gasteiger partial charge in [0.1, 0.15) is 0 Å². The molecule has 0 radical (unpaired) electrons. The maximum atomic E-state index is 12.2. The number of hydrogen-bond donors (Lipinski definition) is 1. The van der Waals surface area contributed by atoms with Crippen LogP contribution in [0.2, 0.25) is 0 Å². The summed E-state index contributed by atoms with van der Waals surface area (Å²) in [6.45, 7) is 5.95. The Kier molecular flexibility index (Phi) is 4.22. The van der Waals surface area contributed by atoms with Gasteiger partial charge in [0, 0.05) is 30.1 Å². The minimum atomic E-state index is 0.236. The molecule has 2 unspecified atom stereocenters. The Labute approximate surface area is 114 Å². The van der Waals surface area contributed by atoms with Gasteiger partial charge in [0.05, 0.1) is 10.2 Å². The minimum absolute atomic E-state index is 0.236. The topological polar surface area (TPSA) is 32.3 Å². The van der Waals surface area contributed by atoms with E-state index < -0.39 is 0 Å². The van der Waals surface area contributed by atoms with Crippen LogP contribution in [0, 0.1) is 0 Å². The summed E-state index contributed by atoms with van der Waals surface area (Å²) in [5.41, 5.74) is 0. The van der Waals surface area contributed by atoms with Gasteiger partial charge in [-0.15, -0.1) is 11.3 Å². The van der Waals surface area contributed by atoms with Gasteiger partial charge >= 0.3 is 0 Å². The minimum Gasteiger partial charge on any atom is -0.337 e. The van der Waals surface area contributed by atoms with Gasteiger partial charge in [0.15, 0.2) is 0 Å². The molecule has 0 saturated carbocycles. The van der Waals surface area contributed by atoms with Gasteiger partial charge in [-0.25, -0.2) is 0 Å². The number of carbonyl (C=O) groups excluding carboxylic acids is 1. The second-order valence-electron chi connectivity index (χ2n) is 4.45. The van der Waals surface area contributed by atoms with E-state index in [0.717, 1.165) is 21.8 Å². The molecule has 2 rings (SSSR count). The van der Waals surface area contributed by atoms with E-state index in [0.29, 0.717) is 12.5 Å². The molecule has 1 fully saturated rings. The van der Waals surface area contributed by atoms with E-state index >= 15 is 0 Å². The average molecular weight is 317 g/mol. The van der Waals surface area contributed by atoms with E-state index in [1.54, 1.807) is 11.3 Å². The van der Waals surface area contributed by atoms with Crippen LogP contribution < -0.4 is 5.32 Å². The first-order chi connectivity index (χ1) is 8.08. The molecule has 0 aromatic carbocycles. The third-order valence-corrected chi connectivity index (χ3v) is 4.93. The standard InChI is InChI=1S/C12H17BrN2OS/c1-8-9(2)15(6-5-14-8)12(16)7-10-3-4-11(13)17-10/h3-4,8-9,14H,5-7H2,1-2H3. The van der Waals surface area contributed by atoms with Crippen LogP contribution >= 0.6 is 27.3 Å². The molecule has 94 valence electrons. The second kappa shape index (κ2) is 5.50. The van der Waals surface area contributed by atoms with Crippen LogP contribution in [-0.4, -0.2) is 36.0 Å². The summed E-state index contributed by atoms with van der Waals surface area (Å²) in [6, 6.07) is 4.67. The first-order valence-corrected chi connectivity index (χ1v) is 7.46. The van der Waals surface area contributed by atoms with E-state index in [4.69, 9.17) is 0 Å². The van der Waals surface area contributed by atoms with Crippen molar-refractivity contribution in [3.05, 3.63) is 20.8 Å². The van der Waals surface area contributed by atoms with Gasteiger partial charge in [0.25, 0.3) is 0 Å². The maximum absolute atomic E-state index is 12.2. The molecule has 17 heavy (non-hydrogen) atoms. The molecule has 1 saturated heterocycles. The third-order valence-electron chi connectivity index (χ3n) is 3.31. The molecule has 2 atom stereocenters. The zero-order valence-corrected chi connectivity index (χ0v) is 12.5. The van der Waals surface area contributed by atoms with Gasteiger partial charge in [-0.3, -0.25) is 4.79 Å². The molecule has 0 aliphatic carbocycles. The number of thiophene rings is 1. The van der Waals surface area contributed by atoms with Gasteiger partial charge in [-0.05, 0) is 41.9 Å². The van der Waals surface area contributed by atoms with Crippen LogP contribution in [-0.2, 0) is 11.2 Å². The van der Waals surface area contributed by atoms with E-state index in [1.165, 1.54) is 0 Å². The van der Waals surface area contributed by atoms with Crippen molar-refractivity contribution in [1.29, 1.82) is 0 Å². The highest BCUT2D eigenvalue weighted by atomic mass is 79.9. The number of amides is 1. The van der Waals surface area contributed by atoms with E-state index in [1.807, 2.05) is 17.0 Å². The number of piperazine rings is 1. The third kappa shape index (κ3) is 3.09. The SMILES string of the molecule is CC1NCCN(C(=O)Cc2ccc(Br)s2)C1C. The molecule has 2 heterocycles. The summed E-state index contributed by atoms with van der Waals surface area (Å²) in [5.74, 6) is 0.236. The summed E-state index contributed by atoms with van der Waals surface area (Å²) in [4.78, 5) is 15.3. The molecule has 1 amide bonds. The number of hydrogen-bond acceptors (Lipinski definition) is 3. The first kappa shape index (κ1) is 13.1. The molecule has 3 nitrogen and oxygen atoms in total. The normalized spacial score (nSPS) is 25.0. The second-order valence-corrected chi connectivity index (χ2v) is 7.00. The lowest BCUT2D eigenvalue weighted by Crippen LogP contribution is -2.57. The van der Waals surface area contributed by atoms with Crippen LogP contribution in [0.15, 0.2) is 15.9 Å². The summed E-state index contributed by atoms with van der Waals surface area (Å²) < 4.78 is 1.09. The zero-order valence-electron chi connectivity index (χ0n) is 10.1. The van der Waals surface area contributed by atoms with Crippen molar-refractivity contribution in [3.63, 3.8) is 0 Å². The Morgan fingerprint density at radius 3 is 3.00 bits per heavy atom. The van der Waals surface area contributed by atoms with Crippen molar-refractivity contribution in [3.8, 4) is 0 Å². The Hall–Kier alpha value is -0.390. The Morgan fingerprint density at radius 1 is 1.59 bits per heavy atom. The van der Waals surface area contributed by atoms with Crippen molar-refractivity contribution in [2.75, 3.05) is 13.1 Å². The van der Waals surface area contributed by atoms with E-state index in [9.17, 15) is 4.79 Å². The molecule has 5 heteroatoms. The molecule has 1 aromatic heterocycles. The number of carbonyl (C=O) groups is 1. The molecule has 1 N–H and O–H groups in total. The monoisotopic (exact) mass is 316 g/mol. The van der Waals surface area contributed by atoms with E-state index in [2.05, 4.69) is 35.1 Å². The fourth-order valence-corrected chi connectivity index (χ4v) is 3.58. The molecule has 1 aromatic rings. The van der Waals surface area contributed by atoms with Gasteiger partial charge in [-0.1, -0.05) is 0 Å². The fourth-order valence-electron chi connectivity index (χ4n) is 2.11. The van der Waals surface area contributed by atoms with Crippen molar-refractivity contribution in [1.82, 2.24) is 10.2 Å². The first-order valence-electron chi connectivity index (χ1n) is 5.85. The summed E-state index contributed by atoms with van der Waals surface area (Å²) >= 11 is 5.06. The van der Waals surface area contributed by atoms with Crippen LogP contribution in [0.1, 0.15) is 18.7 Å². The van der Waals surface area contributed by atoms with Crippen LogP contribution in [0.5, 0.6) is 0 Å². The quantitative estimate of drug-likeness (QED) is 0.907. The molecule has 0 bridgehead atoms. The smallest absolute Gasteiger partial charge is 0.228 e. The van der Waals surface area contributed by atoms with Crippen LogP contribution in [0.3, 0.4) is 0 Å². The molecule has 1 aliphatic heterocycles. The van der Waals surface area contributed by atoms with Crippen molar-refractivity contribution in [2.45, 2.75) is 32.4 Å². The Bertz CT molecular complexity index is 407. The molecule has 0 spiro atoms. The van der Waals surface area contributed by atoms with Gasteiger partial charge in [-0.2, -0.15) is 0 Å². The summed E-state index contributed by atoms with van der Waals surface area (Å²) in [6.07, 6.45) is 0.521. The highest BCUT2D eigenvalue weighted by Crippen LogP contribution is 2.23. The van der Waals surface area contributed by atoms with E-state index in [-0.39, 0.29) is 11.9 Å². The average Bonchev–Trinajstić information content (AvgIpc) is 2.68. The van der Waals surface area contributed by atoms with Crippen molar-refractivity contribution in [2.24, 2.45) is 0 Å². The summed E-state index contributed by atoms with van der Waals surface area (Å²) in [7, 11) is 0. The van der Waals surface area contributed by atoms with Gasteiger partial charge in [0.2, 0.25) is 5.91 Å². The predicted molar refractivity (Wildman–Crippen MR) is 74.4 cm³/mol. The van der Waals surface area contributed by atoms with Crippen LogP contribution in [0.25, 0.3) is 0 Å². The lowest BCUT2D eigenvalue weighted by molar-refractivity contribution is -0.134. The highest BCUT2D eigenvalue weighted by Gasteiger charge is 2.27. The number of rotatable bonds is 2. The highest BCUT2D eigenvalue weighted by molar-refractivity contribution is 9.11.